The minimum atomic E-state index is -0.363. The van der Waals surface area contributed by atoms with Crippen LogP contribution in [0.4, 0.5) is 0 Å². The smallest absolute Gasteiger partial charge is 0.139 e. The predicted molar refractivity (Wildman–Crippen MR) is 68.4 cm³/mol. The first-order valence-electron chi connectivity index (χ1n) is 4.49. The molecular formula is C10H13BrClN3O. The molecule has 0 saturated heterocycles. The summed E-state index contributed by atoms with van der Waals surface area (Å²) in [5.41, 5.74) is 12.0. The quantitative estimate of drug-likeness (QED) is 0.793. The van der Waals surface area contributed by atoms with Crippen LogP contribution >= 0.6 is 28.3 Å². The number of nitriles is 1. The van der Waals surface area contributed by atoms with Crippen molar-refractivity contribution in [3.63, 3.8) is 0 Å². The fourth-order valence-corrected chi connectivity index (χ4v) is 1.96. The minimum Gasteiger partial charge on any atom is -0.506 e. The Kier molecular flexibility index (Phi) is 6.38. The first-order valence-corrected chi connectivity index (χ1v) is 5.28. The van der Waals surface area contributed by atoms with Gasteiger partial charge in [-0.1, -0.05) is 15.9 Å². The summed E-state index contributed by atoms with van der Waals surface area (Å²) in [7, 11) is 0. The summed E-state index contributed by atoms with van der Waals surface area (Å²) in [5, 5.41) is 18.5. The van der Waals surface area contributed by atoms with Crippen molar-refractivity contribution in [1.82, 2.24) is 0 Å². The summed E-state index contributed by atoms with van der Waals surface area (Å²) in [6.07, 6.45) is 0.557. The zero-order valence-corrected chi connectivity index (χ0v) is 10.9. The van der Waals surface area contributed by atoms with Gasteiger partial charge in [-0.05, 0) is 25.1 Å². The van der Waals surface area contributed by atoms with Crippen molar-refractivity contribution in [2.45, 2.75) is 12.5 Å². The molecule has 0 amide bonds. The maximum absolute atomic E-state index is 9.79. The van der Waals surface area contributed by atoms with Crippen LogP contribution in [-0.2, 0) is 0 Å². The molecule has 1 atom stereocenters. The standard InChI is InChI=1S/C10H12BrN3O.ClH/c11-7-2-1-6(5-13)10(15)9(7)8(14)3-4-12;/h1-2,8,15H,3-4,12,14H2;1H/t8-;/m0./s1. The van der Waals surface area contributed by atoms with E-state index in [2.05, 4.69) is 15.9 Å². The van der Waals surface area contributed by atoms with Crippen molar-refractivity contribution in [2.24, 2.45) is 11.5 Å². The number of benzene rings is 1. The highest BCUT2D eigenvalue weighted by Crippen LogP contribution is 2.34. The second kappa shape index (κ2) is 6.71. The van der Waals surface area contributed by atoms with Crippen LogP contribution in [0.15, 0.2) is 16.6 Å². The predicted octanol–water partition coefficient (Wildman–Crippen LogP) is 1.80. The monoisotopic (exact) mass is 305 g/mol. The molecule has 0 aliphatic carbocycles. The molecular weight excluding hydrogens is 293 g/mol. The third-order valence-corrected chi connectivity index (χ3v) is 2.82. The third kappa shape index (κ3) is 3.09. The van der Waals surface area contributed by atoms with Crippen LogP contribution in [-0.4, -0.2) is 11.7 Å². The second-order valence-corrected chi connectivity index (χ2v) is 4.01. The largest absolute Gasteiger partial charge is 0.506 e. The van der Waals surface area contributed by atoms with Gasteiger partial charge in [0, 0.05) is 16.1 Å². The highest BCUT2D eigenvalue weighted by atomic mass is 79.9. The number of nitrogens with two attached hydrogens (primary N) is 2. The van der Waals surface area contributed by atoms with Crippen molar-refractivity contribution in [2.75, 3.05) is 6.54 Å². The summed E-state index contributed by atoms with van der Waals surface area (Å²) in [6.45, 7) is 0.434. The molecule has 1 rings (SSSR count). The van der Waals surface area contributed by atoms with E-state index in [4.69, 9.17) is 16.7 Å². The van der Waals surface area contributed by atoms with Crippen LogP contribution in [0, 0.1) is 11.3 Å². The zero-order valence-electron chi connectivity index (χ0n) is 8.48. The van der Waals surface area contributed by atoms with Crippen LogP contribution in [0.3, 0.4) is 0 Å². The normalized spacial score (nSPS) is 11.4. The molecule has 0 heterocycles. The van der Waals surface area contributed by atoms with Crippen molar-refractivity contribution in [3.05, 3.63) is 27.7 Å². The average Bonchev–Trinajstić information content (AvgIpc) is 2.18. The number of phenols is 1. The molecule has 0 aromatic heterocycles. The van der Waals surface area contributed by atoms with Gasteiger partial charge in [0.25, 0.3) is 0 Å². The topological polar surface area (TPSA) is 96.1 Å². The van der Waals surface area contributed by atoms with E-state index >= 15 is 0 Å². The van der Waals surface area contributed by atoms with Gasteiger partial charge in [-0.3, -0.25) is 0 Å². The van der Waals surface area contributed by atoms with E-state index in [0.29, 0.717) is 23.0 Å². The van der Waals surface area contributed by atoms with Crippen LogP contribution in [0.2, 0.25) is 0 Å². The van der Waals surface area contributed by atoms with E-state index < -0.39 is 0 Å². The lowest BCUT2D eigenvalue weighted by Crippen LogP contribution is -2.16. The fourth-order valence-electron chi connectivity index (χ4n) is 1.35. The Bertz CT molecular complexity index is 406. The SMILES string of the molecule is Cl.N#Cc1ccc(Br)c([C@@H](N)CCN)c1O. The molecule has 0 bridgehead atoms. The Hall–Kier alpha value is -0.800. The highest BCUT2D eigenvalue weighted by Gasteiger charge is 2.16. The van der Waals surface area contributed by atoms with Crippen LogP contribution in [0.1, 0.15) is 23.6 Å². The summed E-state index contributed by atoms with van der Waals surface area (Å²) in [4.78, 5) is 0. The van der Waals surface area contributed by atoms with Crippen LogP contribution in [0.25, 0.3) is 0 Å². The molecule has 5 N–H and O–H groups in total. The number of hydrogen-bond donors (Lipinski definition) is 3. The number of halogens is 2. The maximum Gasteiger partial charge on any atom is 0.139 e. The second-order valence-electron chi connectivity index (χ2n) is 3.15. The number of rotatable bonds is 3. The van der Waals surface area contributed by atoms with E-state index in [1.54, 1.807) is 6.07 Å². The molecule has 88 valence electrons. The Morgan fingerprint density at radius 1 is 1.50 bits per heavy atom. The van der Waals surface area contributed by atoms with Gasteiger partial charge < -0.3 is 16.6 Å². The molecule has 16 heavy (non-hydrogen) atoms. The average molecular weight is 307 g/mol. The summed E-state index contributed by atoms with van der Waals surface area (Å²) in [6, 6.07) is 4.78. The van der Waals surface area contributed by atoms with E-state index in [1.165, 1.54) is 6.07 Å². The van der Waals surface area contributed by atoms with E-state index in [1.807, 2.05) is 6.07 Å². The molecule has 6 heteroatoms. The lowest BCUT2D eigenvalue weighted by Gasteiger charge is -2.15. The van der Waals surface area contributed by atoms with E-state index in [0.717, 1.165) is 0 Å². The minimum absolute atomic E-state index is 0. The van der Waals surface area contributed by atoms with Gasteiger partial charge in [0.05, 0.1) is 5.56 Å². The first kappa shape index (κ1) is 15.2. The van der Waals surface area contributed by atoms with Gasteiger partial charge in [-0.15, -0.1) is 12.4 Å². The van der Waals surface area contributed by atoms with Crippen LogP contribution in [0.5, 0.6) is 5.75 Å². The number of aromatic hydroxyl groups is 1. The highest BCUT2D eigenvalue weighted by molar-refractivity contribution is 9.10. The van der Waals surface area contributed by atoms with Crippen LogP contribution < -0.4 is 11.5 Å². The molecule has 0 aliphatic heterocycles. The lowest BCUT2D eigenvalue weighted by molar-refractivity contribution is 0.456. The molecule has 1 aromatic rings. The van der Waals surface area contributed by atoms with Crippen molar-refractivity contribution >= 4 is 28.3 Å². The van der Waals surface area contributed by atoms with E-state index in [-0.39, 0.29) is 29.8 Å². The molecule has 0 aliphatic rings. The fraction of sp³-hybridized carbons (Fsp3) is 0.300. The van der Waals surface area contributed by atoms with Gasteiger partial charge in [-0.2, -0.15) is 5.26 Å². The summed E-state index contributed by atoms with van der Waals surface area (Å²) >= 11 is 3.29. The number of hydrogen-bond acceptors (Lipinski definition) is 4. The Morgan fingerprint density at radius 2 is 2.12 bits per heavy atom. The molecule has 4 nitrogen and oxygen atoms in total. The zero-order chi connectivity index (χ0) is 11.4. The van der Waals surface area contributed by atoms with Gasteiger partial charge in [0.2, 0.25) is 0 Å². The molecule has 1 aromatic carbocycles. The Morgan fingerprint density at radius 3 is 2.62 bits per heavy atom. The molecule has 0 fully saturated rings. The lowest BCUT2D eigenvalue weighted by atomic mass is 10.0. The van der Waals surface area contributed by atoms with Gasteiger partial charge in [-0.25, -0.2) is 0 Å². The van der Waals surface area contributed by atoms with E-state index in [9.17, 15) is 5.11 Å². The molecule has 0 radical (unpaired) electrons. The molecule has 0 saturated carbocycles. The van der Waals surface area contributed by atoms with Crippen molar-refractivity contribution in [3.8, 4) is 11.8 Å². The maximum atomic E-state index is 9.79. The molecule has 0 unspecified atom stereocenters. The third-order valence-electron chi connectivity index (χ3n) is 2.13. The molecule has 0 spiro atoms. The number of nitrogens with zero attached hydrogens (tertiary/aromatic N) is 1. The van der Waals surface area contributed by atoms with Gasteiger partial charge in [0.1, 0.15) is 11.8 Å². The summed E-state index contributed by atoms with van der Waals surface area (Å²) in [5.74, 6) is -0.0622. The summed E-state index contributed by atoms with van der Waals surface area (Å²) < 4.78 is 0.694. The number of phenolic OH excluding ortho intramolecular Hbond substituents is 1. The Labute approximate surface area is 109 Å². The first-order chi connectivity index (χ1) is 7.11. The van der Waals surface area contributed by atoms with Crippen molar-refractivity contribution in [1.29, 1.82) is 5.26 Å². The van der Waals surface area contributed by atoms with Crippen molar-refractivity contribution < 1.29 is 5.11 Å². The van der Waals surface area contributed by atoms with Gasteiger partial charge in [0.15, 0.2) is 0 Å². The van der Waals surface area contributed by atoms with Gasteiger partial charge >= 0.3 is 0 Å². The Balaban J connectivity index is 0.00000225.